The first-order valence-corrected chi connectivity index (χ1v) is 6.89. The number of hydrogen-bond acceptors (Lipinski definition) is 3. The normalized spacial score (nSPS) is 19.5. The zero-order valence-electron chi connectivity index (χ0n) is 11.3. The van der Waals surface area contributed by atoms with Crippen molar-refractivity contribution in [1.82, 2.24) is 4.90 Å². The highest BCUT2D eigenvalue weighted by molar-refractivity contribution is 5.73. The van der Waals surface area contributed by atoms with Crippen LogP contribution in [0.1, 0.15) is 31.7 Å². The van der Waals surface area contributed by atoms with E-state index >= 15 is 0 Å². The summed E-state index contributed by atoms with van der Waals surface area (Å²) in [5, 5.41) is 9.17. The van der Waals surface area contributed by atoms with Crippen LogP contribution in [0.4, 0.5) is 0 Å². The molecule has 0 saturated carbocycles. The monoisotopic (exact) mass is 263 g/mol. The van der Waals surface area contributed by atoms with Crippen molar-refractivity contribution in [3.63, 3.8) is 0 Å². The van der Waals surface area contributed by atoms with Crippen LogP contribution in [0.25, 0.3) is 0 Å². The largest absolute Gasteiger partial charge is 0.494 e. The number of nitrogens with zero attached hydrogens (tertiary/aromatic N) is 1. The van der Waals surface area contributed by atoms with Crippen molar-refractivity contribution in [2.75, 3.05) is 13.2 Å². The second-order valence-corrected chi connectivity index (χ2v) is 4.96. The fourth-order valence-corrected chi connectivity index (χ4v) is 2.48. The highest BCUT2D eigenvalue weighted by Crippen LogP contribution is 2.22. The molecular formula is C15H21NO3. The van der Waals surface area contributed by atoms with E-state index in [2.05, 4.69) is 6.92 Å². The summed E-state index contributed by atoms with van der Waals surface area (Å²) in [5.74, 6) is 0.154. The van der Waals surface area contributed by atoms with E-state index in [9.17, 15) is 4.79 Å². The molecule has 0 unspecified atom stereocenters. The Morgan fingerprint density at radius 2 is 2.37 bits per heavy atom. The van der Waals surface area contributed by atoms with Gasteiger partial charge in [0, 0.05) is 6.54 Å². The van der Waals surface area contributed by atoms with E-state index in [1.54, 1.807) is 0 Å². The molecule has 0 amide bonds. The predicted octanol–water partition coefficient (Wildman–Crippen LogP) is 2.52. The number of hydrogen-bond donors (Lipinski definition) is 1. The third-order valence-electron chi connectivity index (χ3n) is 3.41. The van der Waals surface area contributed by atoms with Crippen molar-refractivity contribution < 1.29 is 14.6 Å². The van der Waals surface area contributed by atoms with Gasteiger partial charge >= 0.3 is 5.97 Å². The molecule has 1 N–H and O–H groups in total. The Bertz CT molecular complexity index is 433. The van der Waals surface area contributed by atoms with E-state index in [-0.39, 0.29) is 6.04 Å². The van der Waals surface area contributed by atoms with Gasteiger partial charge in [0.15, 0.2) is 0 Å². The summed E-state index contributed by atoms with van der Waals surface area (Å²) in [6.45, 7) is 4.33. The van der Waals surface area contributed by atoms with Crippen molar-refractivity contribution in [3.05, 3.63) is 29.8 Å². The second-order valence-electron chi connectivity index (χ2n) is 4.96. The smallest absolute Gasteiger partial charge is 0.320 e. The molecule has 1 fully saturated rings. The van der Waals surface area contributed by atoms with Gasteiger partial charge in [0.25, 0.3) is 0 Å². The Hall–Kier alpha value is -1.55. The molecule has 2 rings (SSSR count). The fourth-order valence-electron chi connectivity index (χ4n) is 2.48. The number of aliphatic carboxylic acids is 1. The summed E-state index contributed by atoms with van der Waals surface area (Å²) < 4.78 is 5.60. The number of ether oxygens (including phenoxy) is 1. The standard InChI is InChI=1S/C15H21NO3/c1-2-9-19-13-6-3-5-12(10-13)11-16-8-4-7-14(16)15(17)18/h3,5-6,10,14H,2,4,7-9,11H2,1H3,(H,17,18)/t14-/m1/s1. The molecule has 0 spiro atoms. The van der Waals surface area contributed by atoms with Crippen molar-refractivity contribution >= 4 is 5.97 Å². The van der Waals surface area contributed by atoms with Gasteiger partial charge in [-0.3, -0.25) is 9.69 Å². The van der Waals surface area contributed by atoms with Crippen LogP contribution >= 0.6 is 0 Å². The van der Waals surface area contributed by atoms with E-state index in [1.807, 2.05) is 29.2 Å². The zero-order chi connectivity index (χ0) is 13.7. The minimum Gasteiger partial charge on any atom is -0.494 e. The van der Waals surface area contributed by atoms with Crippen LogP contribution < -0.4 is 4.74 Å². The summed E-state index contributed by atoms with van der Waals surface area (Å²) in [7, 11) is 0. The number of carboxylic acids is 1. The summed E-state index contributed by atoms with van der Waals surface area (Å²) in [6, 6.07) is 7.60. The number of likely N-dealkylation sites (tertiary alicyclic amines) is 1. The quantitative estimate of drug-likeness (QED) is 0.857. The average molecular weight is 263 g/mol. The molecule has 1 atom stereocenters. The maximum atomic E-state index is 11.1. The van der Waals surface area contributed by atoms with Crippen molar-refractivity contribution in [2.24, 2.45) is 0 Å². The molecule has 0 bridgehead atoms. The summed E-state index contributed by atoms with van der Waals surface area (Å²) in [6.07, 6.45) is 2.70. The molecule has 1 aromatic carbocycles. The van der Waals surface area contributed by atoms with E-state index in [4.69, 9.17) is 9.84 Å². The molecule has 1 aliphatic heterocycles. The Morgan fingerprint density at radius 1 is 1.53 bits per heavy atom. The van der Waals surface area contributed by atoms with Crippen LogP contribution in [0.3, 0.4) is 0 Å². The lowest BCUT2D eigenvalue weighted by atomic mass is 10.1. The fraction of sp³-hybridized carbons (Fsp3) is 0.533. The second kappa shape index (κ2) is 6.57. The third-order valence-corrected chi connectivity index (χ3v) is 3.41. The highest BCUT2D eigenvalue weighted by Gasteiger charge is 2.30. The van der Waals surface area contributed by atoms with Gasteiger partial charge in [0.05, 0.1) is 6.61 Å². The van der Waals surface area contributed by atoms with Gasteiger partial charge < -0.3 is 9.84 Å². The minimum absolute atomic E-state index is 0.333. The molecule has 0 aromatic heterocycles. The lowest BCUT2D eigenvalue weighted by Crippen LogP contribution is -2.35. The zero-order valence-corrected chi connectivity index (χ0v) is 11.3. The van der Waals surface area contributed by atoms with Gasteiger partial charge in [-0.2, -0.15) is 0 Å². The first kappa shape index (κ1) is 13.9. The first-order valence-electron chi connectivity index (χ1n) is 6.89. The molecule has 104 valence electrons. The highest BCUT2D eigenvalue weighted by atomic mass is 16.5. The van der Waals surface area contributed by atoms with Gasteiger partial charge in [-0.15, -0.1) is 0 Å². The van der Waals surface area contributed by atoms with Gasteiger partial charge in [-0.05, 0) is 43.5 Å². The van der Waals surface area contributed by atoms with Crippen LogP contribution in [0.2, 0.25) is 0 Å². The first-order chi connectivity index (χ1) is 9.20. The van der Waals surface area contributed by atoms with E-state index in [1.165, 1.54) is 0 Å². The Labute approximate surface area is 114 Å². The molecule has 19 heavy (non-hydrogen) atoms. The van der Waals surface area contributed by atoms with Crippen molar-refractivity contribution in [3.8, 4) is 5.75 Å². The van der Waals surface area contributed by atoms with E-state index < -0.39 is 5.97 Å². The summed E-state index contributed by atoms with van der Waals surface area (Å²) in [4.78, 5) is 13.2. The van der Waals surface area contributed by atoms with Crippen LogP contribution in [0, 0.1) is 0 Å². The van der Waals surface area contributed by atoms with E-state index in [0.717, 1.165) is 37.1 Å². The average Bonchev–Trinajstić information content (AvgIpc) is 2.85. The Balaban J connectivity index is 2.00. The maximum absolute atomic E-state index is 11.1. The topological polar surface area (TPSA) is 49.8 Å². The van der Waals surface area contributed by atoms with Crippen molar-refractivity contribution in [2.45, 2.75) is 38.8 Å². The molecule has 4 heteroatoms. The Morgan fingerprint density at radius 3 is 3.11 bits per heavy atom. The molecule has 0 aliphatic carbocycles. The number of carboxylic acid groups (broad SMARTS) is 1. The number of benzene rings is 1. The van der Waals surface area contributed by atoms with Crippen LogP contribution in [0.5, 0.6) is 5.75 Å². The summed E-state index contributed by atoms with van der Waals surface area (Å²) >= 11 is 0. The molecular weight excluding hydrogens is 242 g/mol. The Kier molecular flexibility index (Phi) is 4.80. The molecule has 0 radical (unpaired) electrons. The summed E-state index contributed by atoms with van der Waals surface area (Å²) in [5.41, 5.74) is 1.11. The number of rotatable bonds is 6. The van der Waals surface area contributed by atoms with Crippen LogP contribution in [-0.4, -0.2) is 35.2 Å². The third kappa shape index (κ3) is 3.70. The minimum atomic E-state index is -0.712. The molecule has 1 aromatic rings. The van der Waals surface area contributed by atoms with Crippen LogP contribution in [0.15, 0.2) is 24.3 Å². The predicted molar refractivity (Wildman–Crippen MR) is 73.3 cm³/mol. The molecule has 1 aliphatic rings. The van der Waals surface area contributed by atoms with Gasteiger partial charge in [0.2, 0.25) is 0 Å². The van der Waals surface area contributed by atoms with Gasteiger partial charge in [0.1, 0.15) is 11.8 Å². The molecule has 1 saturated heterocycles. The van der Waals surface area contributed by atoms with E-state index in [0.29, 0.717) is 13.2 Å². The molecule has 4 nitrogen and oxygen atoms in total. The maximum Gasteiger partial charge on any atom is 0.320 e. The molecule has 1 heterocycles. The lowest BCUT2D eigenvalue weighted by molar-refractivity contribution is -0.142. The van der Waals surface area contributed by atoms with Crippen molar-refractivity contribution in [1.29, 1.82) is 0 Å². The SMILES string of the molecule is CCCOc1cccc(CN2CCC[C@@H]2C(=O)O)c1. The van der Waals surface area contributed by atoms with Gasteiger partial charge in [-0.25, -0.2) is 0 Å². The lowest BCUT2D eigenvalue weighted by Gasteiger charge is -2.21. The number of carbonyl (C=O) groups is 1. The van der Waals surface area contributed by atoms with Gasteiger partial charge in [-0.1, -0.05) is 19.1 Å². The van der Waals surface area contributed by atoms with Crippen LogP contribution in [-0.2, 0) is 11.3 Å².